The minimum atomic E-state index is -2.88. The summed E-state index contributed by atoms with van der Waals surface area (Å²) < 4.78 is 27.6. The maximum atomic E-state index is 11.1. The summed E-state index contributed by atoms with van der Waals surface area (Å²) in [6, 6.07) is 6.60. The van der Waals surface area contributed by atoms with Crippen LogP contribution in [0.5, 0.6) is 5.75 Å². The third kappa shape index (κ3) is 7.74. The lowest BCUT2D eigenvalue weighted by atomic mass is 10.1. The van der Waals surface area contributed by atoms with Crippen LogP contribution in [-0.4, -0.2) is 39.3 Å². The van der Waals surface area contributed by atoms with Crippen LogP contribution in [0.15, 0.2) is 18.2 Å². The number of benzene rings is 1. The van der Waals surface area contributed by atoms with E-state index in [9.17, 15) is 8.42 Å². The third-order valence-corrected chi connectivity index (χ3v) is 5.13. The predicted octanol–water partition coefficient (Wildman–Crippen LogP) is 2.47. The van der Waals surface area contributed by atoms with Gasteiger partial charge in [-0.05, 0) is 17.7 Å². The topological polar surface area (TPSA) is 55.4 Å². The molecule has 21 heavy (non-hydrogen) atoms. The molecule has 1 rings (SSSR count). The Balaban J connectivity index is 2.63. The number of hydrogen-bond donors (Lipinski definition) is 1. The van der Waals surface area contributed by atoms with Gasteiger partial charge in [-0.25, -0.2) is 8.42 Å². The normalized spacial score (nSPS) is 11.9. The van der Waals surface area contributed by atoms with Crippen molar-refractivity contribution in [2.24, 2.45) is 0 Å². The minimum Gasteiger partial charge on any atom is -0.496 e. The number of thioether (sulfide) groups is 1. The summed E-state index contributed by atoms with van der Waals surface area (Å²) in [6.07, 6.45) is 1.27. The van der Waals surface area contributed by atoms with Gasteiger partial charge in [-0.15, -0.1) is 0 Å². The maximum Gasteiger partial charge on any atom is 0.148 e. The molecule has 1 aromatic rings. The lowest BCUT2D eigenvalue weighted by molar-refractivity contribution is 0.411. The van der Waals surface area contributed by atoms with E-state index in [1.165, 1.54) is 11.8 Å². The fourth-order valence-corrected chi connectivity index (χ4v) is 4.04. The number of hydrogen-bond acceptors (Lipinski definition) is 5. The van der Waals surface area contributed by atoms with E-state index in [4.69, 9.17) is 4.74 Å². The molecule has 0 amide bonds. The molecule has 0 unspecified atom stereocenters. The second kappa shape index (κ2) is 8.66. The van der Waals surface area contributed by atoms with Crippen molar-refractivity contribution in [3.63, 3.8) is 0 Å². The third-order valence-electron chi connectivity index (χ3n) is 2.92. The van der Waals surface area contributed by atoms with E-state index < -0.39 is 9.84 Å². The molecule has 0 aliphatic heterocycles. The Bertz CT molecular complexity index is 542. The van der Waals surface area contributed by atoms with Gasteiger partial charge in [0.1, 0.15) is 15.6 Å². The highest BCUT2D eigenvalue weighted by molar-refractivity contribution is 7.99. The van der Waals surface area contributed by atoms with Crippen molar-refractivity contribution in [3.05, 3.63) is 29.3 Å². The summed E-state index contributed by atoms with van der Waals surface area (Å²) in [7, 11) is -1.22. The van der Waals surface area contributed by atoms with Crippen molar-refractivity contribution in [1.29, 1.82) is 0 Å². The summed E-state index contributed by atoms with van der Waals surface area (Å²) in [5, 5.41) is 3.39. The molecule has 0 atom stereocenters. The van der Waals surface area contributed by atoms with Gasteiger partial charge in [-0.3, -0.25) is 0 Å². The van der Waals surface area contributed by atoms with Gasteiger partial charge in [-0.2, -0.15) is 11.8 Å². The molecule has 0 aliphatic rings. The summed E-state index contributed by atoms with van der Waals surface area (Å²) >= 11 is 1.62. The number of rotatable bonds is 9. The Hall–Kier alpha value is -0.720. The molecule has 1 N–H and O–H groups in total. The molecular weight excluding hydrogens is 306 g/mol. The van der Waals surface area contributed by atoms with E-state index >= 15 is 0 Å². The second-order valence-electron chi connectivity index (χ2n) is 5.36. The molecule has 0 heterocycles. The van der Waals surface area contributed by atoms with Crippen LogP contribution in [0, 0.1) is 0 Å². The van der Waals surface area contributed by atoms with E-state index in [1.54, 1.807) is 18.9 Å². The summed E-state index contributed by atoms with van der Waals surface area (Å²) in [4.78, 5) is 0. The molecule has 6 heteroatoms. The van der Waals surface area contributed by atoms with Crippen molar-refractivity contribution in [2.45, 2.75) is 32.2 Å². The van der Waals surface area contributed by atoms with Crippen molar-refractivity contribution in [1.82, 2.24) is 5.32 Å². The van der Waals surface area contributed by atoms with Gasteiger partial charge >= 0.3 is 0 Å². The molecule has 0 spiro atoms. The molecule has 120 valence electrons. The van der Waals surface area contributed by atoms with E-state index in [2.05, 4.69) is 31.3 Å². The van der Waals surface area contributed by atoms with Crippen LogP contribution >= 0.6 is 11.8 Å². The first-order chi connectivity index (χ1) is 9.81. The Kier molecular flexibility index (Phi) is 7.56. The average molecular weight is 332 g/mol. The number of sulfone groups is 1. The van der Waals surface area contributed by atoms with E-state index in [1.807, 2.05) is 6.07 Å². The summed E-state index contributed by atoms with van der Waals surface area (Å²) in [5.41, 5.74) is 2.32. The minimum absolute atomic E-state index is 0.217. The van der Waals surface area contributed by atoms with Gasteiger partial charge in [0.2, 0.25) is 0 Å². The fourth-order valence-electron chi connectivity index (χ4n) is 1.77. The largest absolute Gasteiger partial charge is 0.496 e. The highest BCUT2D eigenvalue weighted by atomic mass is 32.2. The number of nitrogens with one attached hydrogen (secondary N) is 1. The first-order valence-corrected chi connectivity index (χ1v) is 10.2. The zero-order chi connectivity index (χ0) is 15.9. The molecule has 0 saturated heterocycles. The van der Waals surface area contributed by atoms with Gasteiger partial charge in [-0.1, -0.05) is 19.9 Å². The smallest absolute Gasteiger partial charge is 0.148 e. The molecule has 0 radical (unpaired) electrons. The van der Waals surface area contributed by atoms with Gasteiger partial charge in [0.15, 0.2) is 0 Å². The van der Waals surface area contributed by atoms with Crippen molar-refractivity contribution < 1.29 is 13.2 Å². The predicted molar refractivity (Wildman–Crippen MR) is 90.8 cm³/mol. The molecule has 0 aliphatic carbocycles. The average Bonchev–Trinajstić information content (AvgIpc) is 2.40. The van der Waals surface area contributed by atoms with Crippen LogP contribution in [0.3, 0.4) is 0 Å². The Labute approximate surface area is 132 Å². The molecule has 4 nitrogen and oxygen atoms in total. The first kappa shape index (κ1) is 18.3. The van der Waals surface area contributed by atoms with E-state index in [-0.39, 0.29) is 5.75 Å². The van der Waals surface area contributed by atoms with Gasteiger partial charge in [0, 0.05) is 35.9 Å². The zero-order valence-electron chi connectivity index (χ0n) is 13.2. The van der Waals surface area contributed by atoms with Crippen LogP contribution in [0.4, 0.5) is 0 Å². The Morgan fingerprint density at radius 3 is 2.62 bits per heavy atom. The van der Waals surface area contributed by atoms with Crippen LogP contribution in [0.25, 0.3) is 0 Å². The lowest BCUT2D eigenvalue weighted by Gasteiger charge is -2.12. The SMILES string of the molecule is COc1ccc(CNC(C)C)cc1CSCCS(C)(=O)=O. The Morgan fingerprint density at radius 1 is 1.33 bits per heavy atom. The highest BCUT2D eigenvalue weighted by Crippen LogP contribution is 2.24. The fraction of sp³-hybridized carbons (Fsp3) is 0.600. The van der Waals surface area contributed by atoms with E-state index in [0.717, 1.165) is 23.6 Å². The van der Waals surface area contributed by atoms with Crippen LogP contribution in [-0.2, 0) is 22.1 Å². The van der Waals surface area contributed by atoms with E-state index in [0.29, 0.717) is 11.8 Å². The van der Waals surface area contributed by atoms with Crippen LogP contribution in [0.2, 0.25) is 0 Å². The quantitative estimate of drug-likeness (QED) is 0.705. The molecule has 1 aromatic carbocycles. The van der Waals surface area contributed by atoms with Gasteiger partial charge in [0.25, 0.3) is 0 Å². The molecule has 0 saturated carbocycles. The van der Waals surface area contributed by atoms with Crippen LogP contribution in [0.1, 0.15) is 25.0 Å². The second-order valence-corrected chi connectivity index (χ2v) is 8.73. The van der Waals surface area contributed by atoms with Gasteiger partial charge in [0.05, 0.1) is 12.9 Å². The standard InChI is InChI=1S/C15H25NO3S2/c1-12(2)16-10-13-5-6-15(19-3)14(9-13)11-20-7-8-21(4,17)18/h5-6,9,12,16H,7-8,10-11H2,1-4H3. The molecule has 0 bridgehead atoms. The highest BCUT2D eigenvalue weighted by Gasteiger charge is 2.07. The number of methoxy groups -OCH3 is 1. The molecule has 0 fully saturated rings. The first-order valence-electron chi connectivity index (χ1n) is 6.96. The maximum absolute atomic E-state index is 11.1. The Morgan fingerprint density at radius 2 is 2.05 bits per heavy atom. The van der Waals surface area contributed by atoms with Gasteiger partial charge < -0.3 is 10.1 Å². The summed E-state index contributed by atoms with van der Waals surface area (Å²) in [6.45, 7) is 5.06. The molecule has 0 aromatic heterocycles. The summed E-state index contributed by atoms with van der Waals surface area (Å²) in [5.74, 6) is 2.44. The number of ether oxygens (including phenoxy) is 1. The van der Waals surface area contributed by atoms with Crippen molar-refractivity contribution in [3.8, 4) is 5.75 Å². The zero-order valence-corrected chi connectivity index (χ0v) is 14.8. The van der Waals surface area contributed by atoms with Crippen molar-refractivity contribution >= 4 is 21.6 Å². The lowest BCUT2D eigenvalue weighted by Crippen LogP contribution is -2.21. The van der Waals surface area contributed by atoms with Crippen molar-refractivity contribution in [2.75, 3.05) is 24.9 Å². The molecular formula is C15H25NO3S2. The monoisotopic (exact) mass is 331 g/mol. The van der Waals surface area contributed by atoms with Crippen LogP contribution < -0.4 is 10.1 Å².